The Hall–Kier alpha value is -1.34. The van der Waals surface area contributed by atoms with E-state index in [1.165, 1.54) is 0 Å². The summed E-state index contributed by atoms with van der Waals surface area (Å²) in [6.45, 7) is 6.41. The van der Waals surface area contributed by atoms with Gasteiger partial charge in [0.15, 0.2) is 5.03 Å². The van der Waals surface area contributed by atoms with Crippen LogP contribution in [-0.2, 0) is 23.0 Å². The number of hydrogen-bond acceptors (Lipinski definition) is 3. The summed E-state index contributed by atoms with van der Waals surface area (Å²) in [7, 11) is -3.67. The molecule has 0 saturated carbocycles. The van der Waals surface area contributed by atoms with Crippen LogP contribution in [0.3, 0.4) is 0 Å². The largest absolute Gasteiger partial charge is 0.334 e. The molecule has 0 aliphatic carbocycles. The Morgan fingerprint density at radius 3 is 2.62 bits per heavy atom. The Kier molecular flexibility index (Phi) is 4.73. The second kappa shape index (κ2) is 6.19. The Balaban J connectivity index is 2.37. The van der Waals surface area contributed by atoms with Gasteiger partial charge in [-0.15, -0.1) is 0 Å². The van der Waals surface area contributed by atoms with Crippen LogP contribution in [0.5, 0.6) is 0 Å². The lowest BCUT2D eigenvalue weighted by molar-refractivity contribution is 0.598. The first kappa shape index (κ1) is 16.0. The molecule has 0 atom stereocenters. The van der Waals surface area contributed by atoms with Crippen molar-refractivity contribution < 1.29 is 8.42 Å². The van der Waals surface area contributed by atoms with E-state index < -0.39 is 10.0 Å². The lowest BCUT2D eigenvalue weighted by Crippen LogP contribution is -2.14. The lowest BCUT2D eigenvalue weighted by Gasteiger charge is -2.10. The second-order valence-corrected chi connectivity index (χ2v) is 7.22. The summed E-state index contributed by atoms with van der Waals surface area (Å²) in [5.74, 6) is 0.685. The average Bonchev–Trinajstić information content (AvgIpc) is 2.82. The topological polar surface area (TPSA) is 64.0 Å². The van der Waals surface area contributed by atoms with Crippen molar-refractivity contribution in [3.63, 3.8) is 0 Å². The van der Waals surface area contributed by atoms with Crippen LogP contribution in [0, 0.1) is 6.92 Å². The summed E-state index contributed by atoms with van der Waals surface area (Å²) >= 11 is 3.39. The zero-order chi connectivity index (χ0) is 15.6. The summed E-state index contributed by atoms with van der Waals surface area (Å²) in [4.78, 5) is 4.13. The third kappa shape index (κ3) is 3.47. The molecule has 0 saturated heterocycles. The van der Waals surface area contributed by atoms with Gasteiger partial charge >= 0.3 is 0 Å². The van der Waals surface area contributed by atoms with Crippen molar-refractivity contribution in [1.29, 1.82) is 0 Å². The third-order valence-electron chi connectivity index (χ3n) is 3.26. The second-order valence-electron chi connectivity index (χ2n) is 4.67. The molecule has 0 fully saturated rings. The molecule has 0 radical (unpaired) electrons. The van der Waals surface area contributed by atoms with Crippen LogP contribution < -0.4 is 4.72 Å². The summed E-state index contributed by atoms with van der Waals surface area (Å²) in [5, 5.41) is 0.0480. The van der Waals surface area contributed by atoms with Crippen molar-refractivity contribution >= 4 is 31.6 Å². The van der Waals surface area contributed by atoms with E-state index in [1.807, 2.05) is 26.0 Å². The van der Waals surface area contributed by atoms with Crippen LogP contribution in [0.15, 0.2) is 33.9 Å². The van der Waals surface area contributed by atoms with Crippen LogP contribution in [0.1, 0.15) is 25.2 Å². The first-order valence-electron chi connectivity index (χ1n) is 6.72. The zero-order valence-corrected chi connectivity index (χ0v) is 14.6. The van der Waals surface area contributed by atoms with Gasteiger partial charge in [-0.05, 0) is 44.0 Å². The molecule has 2 aromatic rings. The highest BCUT2D eigenvalue weighted by Crippen LogP contribution is 2.24. The molecule has 1 aromatic carbocycles. The number of nitrogens with zero attached hydrogens (tertiary/aromatic N) is 2. The molecular weight excluding hydrogens is 354 g/mol. The number of sulfonamides is 1. The Morgan fingerprint density at radius 1 is 1.33 bits per heavy atom. The quantitative estimate of drug-likeness (QED) is 0.876. The molecule has 0 amide bonds. The zero-order valence-electron chi connectivity index (χ0n) is 12.2. The van der Waals surface area contributed by atoms with Crippen LogP contribution in [0.2, 0.25) is 0 Å². The van der Waals surface area contributed by atoms with Crippen LogP contribution >= 0.6 is 15.9 Å². The van der Waals surface area contributed by atoms with Gasteiger partial charge < -0.3 is 4.57 Å². The lowest BCUT2D eigenvalue weighted by atomic mass is 10.1. The molecule has 7 heteroatoms. The maximum absolute atomic E-state index is 12.4. The van der Waals surface area contributed by atoms with E-state index in [0.717, 1.165) is 16.5 Å². The molecule has 5 nitrogen and oxygen atoms in total. The maximum Gasteiger partial charge on any atom is 0.280 e. The predicted molar refractivity (Wildman–Crippen MR) is 87.0 cm³/mol. The fourth-order valence-electron chi connectivity index (χ4n) is 2.08. The van der Waals surface area contributed by atoms with Gasteiger partial charge in [0.05, 0.1) is 5.69 Å². The fourth-order valence-corrected chi connectivity index (χ4v) is 3.60. The van der Waals surface area contributed by atoms with Crippen molar-refractivity contribution in [2.24, 2.45) is 0 Å². The van der Waals surface area contributed by atoms with E-state index in [9.17, 15) is 8.42 Å². The smallest absolute Gasteiger partial charge is 0.280 e. The molecule has 1 aromatic heterocycles. The molecule has 1 heterocycles. The van der Waals surface area contributed by atoms with E-state index in [-0.39, 0.29) is 5.03 Å². The number of aromatic nitrogens is 2. The van der Waals surface area contributed by atoms with Crippen molar-refractivity contribution in [3.05, 3.63) is 40.3 Å². The van der Waals surface area contributed by atoms with Crippen molar-refractivity contribution in [2.75, 3.05) is 4.72 Å². The fraction of sp³-hybridized carbons (Fsp3) is 0.357. The van der Waals surface area contributed by atoms with Gasteiger partial charge in [0.2, 0.25) is 0 Å². The first-order chi connectivity index (χ1) is 9.87. The molecule has 0 aliphatic rings. The highest BCUT2D eigenvalue weighted by atomic mass is 79.9. The van der Waals surface area contributed by atoms with E-state index in [2.05, 4.69) is 25.6 Å². The summed E-state index contributed by atoms with van der Waals surface area (Å²) in [5.41, 5.74) is 1.52. The van der Waals surface area contributed by atoms with E-state index in [4.69, 9.17) is 0 Å². The van der Waals surface area contributed by atoms with E-state index in [0.29, 0.717) is 18.1 Å². The molecule has 114 valence electrons. The van der Waals surface area contributed by atoms with Gasteiger partial charge in [-0.2, -0.15) is 8.42 Å². The minimum atomic E-state index is -3.67. The molecule has 0 bridgehead atoms. The van der Waals surface area contributed by atoms with Crippen molar-refractivity contribution in [1.82, 2.24) is 9.55 Å². The molecule has 0 aliphatic heterocycles. The summed E-state index contributed by atoms with van der Waals surface area (Å²) < 4.78 is 30.2. The Bertz CT molecular complexity index is 754. The normalized spacial score (nSPS) is 11.6. The molecule has 2 rings (SSSR count). The highest BCUT2D eigenvalue weighted by molar-refractivity contribution is 9.10. The minimum Gasteiger partial charge on any atom is -0.334 e. The van der Waals surface area contributed by atoms with Gasteiger partial charge in [0, 0.05) is 17.2 Å². The van der Waals surface area contributed by atoms with E-state index >= 15 is 0 Å². The van der Waals surface area contributed by atoms with Gasteiger partial charge in [0.25, 0.3) is 10.0 Å². The monoisotopic (exact) mass is 371 g/mol. The molecular formula is C14H18BrN3O2S. The molecule has 1 N–H and O–H groups in total. The van der Waals surface area contributed by atoms with Gasteiger partial charge in [0.1, 0.15) is 5.82 Å². The third-order valence-corrected chi connectivity index (χ3v) is 4.99. The molecule has 21 heavy (non-hydrogen) atoms. The molecule has 0 spiro atoms. The average molecular weight is 372 g/mol. The van der Waals surface area contributed by atoms with Crippen molar-refractivity contribution in [3.8, 4) is 0 Å². The number of benzene rings is 1. The van der Waals surface area contributed by atoms with Gasteiger partial charge in [-0.25, -0.2) is 4.98 Å². The number of halogens is 1. The van der Waals surface area contributed by atoms with E-state index in [1.54, 1.807) is 23.8 Å². The van der Waals surface area contributed by atoms with Crippen molar-refractivity contribution in [2.45, 2.75) is 38.8 Å². The molecule has 0 unspecified atom stereocenters. The predicted octanol–water partition coefficient (Wildman–Crippen LogP) is 3.34. The van der Waals surface area contributed by atoms with Crippen LogP contribution in [0.4, 0.5) is 5.69 Å². The number of rotatable bonds is 5. The number of imidazole rings is 1. The van der Waals surface area contributed by atoms with Crippen LogP contribution in [-0.4, -0.2) is 18.0 Å². The standard InChI is InChI=1S/C14H18BrN3O2S/c1-4-11-8-12(15)6-7-13(11)17-21(19,20)14-9-18(5-2)10(3)16-14/h6-9,17H,4-5H2,1-3H3. The minimum absolute atomic E-state index is 0.0480. The Labute approximate surface area is 133 Å². The van der Waals surface area contributed by atoms with Gasteiger partial charge in [-0.3, -0.25) is 4.72 Å². The Morgan fingerprint density at radius 2 is 2.05 bits per heavy atom. The van der Waals surface area contributed by atoms with Gasteiger partial charge in [-0.1, -0.05) is 22.9 Å². The summed E-state index contributed by atoms with van der Waals surface area (Å²) in [6, 6.07) is 5.48. The maximum atomic E-state index is 12.4. The number of nitrogens with one attached hydrogen (secondary N) is 1. The summed E-state index contributed by atoms with van der Waals surface area (Å²) in [6.07, 6.45) is 2.29. The number of aryl methyl sites for hydroxylation is 3. The number of hydrogen-bond donors (Lipinski definition) is 1. The number of anilines is 1. The highest BCUT2D eigenvalue weighted by Gasteiger charge is 2.20. The van der Waals surface area contributed by atoms with Crippen LogP contribution in [0.25, 0.3) is 0 Å². The SMILES string of the molecule is CCc1cc(Br)ccc1NS(=O)(=O)c1cn(CC)c(C)n1. The first-order valence-corrected chi connectivity index (χ1v) is 9.00.